The minimum atomic E-state index is -0.296. The van der Waals surface area contributed by atoms with Gasteiger partial charge in [0.25, 0.3) is 0 Å². The number of nitrogen functional groups attached to an aromatic ring is 1. The molecule has 3 rings (SSSR count). The molecule has 2 aromatic heterocycles. The standard InChI is InChI=1S/C13H9BrFN3/c14-12-10-5-2-6-11(16)18(10)13(17-12)8-3-1-4-9(15)7-8/h1-7H,16H2. The van der Waals surface area contributed by atoms with E-state index in [1.54, 1.807) is 22.6 Å². The molecule has 2 heterocycles. The molecule has 0 saturated carbocycles. The van der Waals surface area contributed by atoms with Crippen LogP contribution in [0.5, 0.6) is 0 Å². The van der Waals surface area contributed by atoms with E-state index in [4.69, 9.17) is 5.73 Å². The summed E-state index contributed by atoms with van der Waals surface area (Å²) in [6.07, 6.45) is 0. The average molecular weight is 306 g/mol. The van der Waals surface area contributed by atoms with E-state index in [0.29, 0.717) is 21.8 Å². The Morgan fingerprint density at radius 2 is 1.94 bits per heavy atom. The molecule has 1 aromatic carbocycles. The molecule has 5 heteroatoms. The van der Waals surface area contributed by atoms with Crippen molar-refractivity contribution in [3.05, 3.63) is 52.9 Å². The van der Waals surface area contributed by atoms with E-state index >= 15 is 0 Å². The zero-order valence-corrected chi connectivity index (χ0v) is 10.9. The van der Waals surface area contributed by atoms with Gasteiger partial charge in [0.2, 0.25) is 0 Å². The molecule has 0 radical (unpaired) electrons. The molecule has 18 heavy (non-hydrogen) atoms. The lowest BCUT2D eigenvalue weighted by molar-refractivity contribution is 0.628. The number of benzene rings is 1. The van der Waals surface area contributed by atoms with Gasteiger partial charge in [-0.05, 0) is 40.2 Å². The molecule has 0 aliphatic rings. The summed E-state index contributed by atoms with van der Waals surface area (Å²) in [5.74, 6) is 0.884. The van der Waals surface area contributed by atoms with Gasteiger partial charge in [-0.2, -0.15) is 0 Å². The van der Waals surface area contributed by atoms with Crippen molar-refractivity contribution in [3.8, 4) is 11.4 Å². The first kappa shape index (κ1) is 11.2. The number of imidazole rings is 1. The van der Waals surface area contributed by atoms with Crippen molar-refractivity contribution in [1.29, 1.82) is 0 Å². The molecule has 0 saturated heterocycles. The van der Waals surface area contributed by atoms with Crippen molar-refractivity contribution in [3.63, 3.8) is 0 Å². The van der Waals surface area contributed by atoms with Crippen molar-refractivity contribution in [2.75, 3.05) is 5.73 Å². The van der Waals surface area contributed by atoms with Gasteiger partial charge in [-0.1, -0.05) is 18.2 Å². The van der Waals surface area contributed by atoms with E-state index in [-0.39, 0.29) is 5.82 Å². The number of anilines is 1. The van der Waals surface area contributed by atoms with Crippen molar-refractivity contribution in [1.82, 2.24) is 9.38 Å². The van der Waals surface area contributed by atoms with Gasteiger partial charge in [-0.15, -0.1) is 0 Å². The highest BCUT2D eigenvalue weighted by Crippen LogP contribution is 2.28. The molecular formula is C13H9BrFN3. The molecule has 0 spiro atoms. The van der Waals surface area contributed by atoms with Crippen molar-refractivity contribution in [2.24, 2.45) is 0 Å². The quantitative estimate of drug-likeness (QED) is 0.748. The van der Waals surface area contributed by atoms with Gasteiger partial charge in [0.15, 0.2) is 0 Å². The van der Waals surface area contributed by atoms with Gasteiger partial charge in [-0.25, -0.2) is 9.37 Å². The summed E-state index contributed by atoms with van der Waals surface area (Å²) in [5, 5.41) is 0. The minimum Gasteiger partial charge on any atom is -0.385 e. The summed E-state index contributed by atoms with van der Waals surface area (Å²) in [6.45, 7) is 0. The second-order valence-electron chi connectivity index (χ2n) is 3.91. The van der Waals surface area contributed by atoms with Crippen molar-refractivity contribution >= 4 is 27.3 Å². The fraction of sp³-hybridized carbons (Fsp3) is 0. The normalized spacial score (nSPS) is 11.0. The third kappa shape index (κ3) is 1.67. The topological polar surface area (TPSA) is 43.3 Å². The van der Waals surface area contributed by atoms with Crippen molar-refractivity contribution in [2.45, 2.75) is 0 Å². The predicted octanol–water partition coefficient (Wildman–Crippen LogP) is 3.49. The average Bonchev–Trinajstić information content (AvgIpc) is 2.69. The molecule has 3 nitrogen and oxygen atoms in total. The molecular weight excluding hydrogens is 297 g/mol. The van der Waals surface area contributed by atoms with Gasteiger partial charge >= 0.3 is 0 Å². The molecule has 3 aromatic rings. The lowest BCUT2D eigenvalue weighted by Gasteiger charge is -2.04. The summed E-state index contributed by atoms with van der Waals surface area (Å²) < 4.78 is 15.8. The summed E-state index contributed by atoms with van der Waals surface area (Å²) in [7, 11) is 0. The Morgan fingerprint density at radius 3 is 2.72 bits per heavy atom. The number of nitrogens with two attached hydrogens (primary N) is 1. The van der Waals surface area contributed by atoms with Crippen LogP contribution in [0.1, 0.15) is 0 Å². The van der Waals surface area contributed by atoms with Gasteiger partial charge < -0.3 is 5.73 Å². The zero-order chi connectivity index (χ0) is 12.7. The maximum absolute atomic E-state index is 13.3. The summed E-state index contributed by atoms with van der Waals surface area (Å²) in [6, 6.07) is 11.8. The molecule has 0 aliphatic heterocycles. The predicted molar refractivity (Wildman–Crippen MR) is 72.7 cm³/mol. The highest BCUT2D eigenvalue weighted by Gasteiger charge is 2.12. The van der Waals surface area contributed by atoms with Crippen LogP contribution in [0.3, 0.4) is 0 Å². The van der Waals surface area contributed by atoms with Gasteiger partial charge in [0.05, 0.1) is 5.52 Å². The Morgan fingerprint density at radius 1 is 1.17 bits per heavy atom. The summed E-state index contributed by atoms with van der Waals surface area (Å²) >= 11 is 3.39. The zero-order valence-electron chi connectivity index (χ0n) is 9.27. The fourth-order valence-electron chi connectivity index (χ4n) is 1.94. The van der Waals surface area contributed by atoms with E-state index in [9.17, 15) is 4.39 Å². The van der Waals surface area contributed by atoms with Crippen LogP contribution in [0.2, 0.25) is 0 Å². The Hall–Kier alpha value is -1.88. The molecule has 0 atom stereocenters. The molecule has 90 valence electrons. The Kier molecular flexibility index (Phi) is 2.56. The monoisotopic (exact) mass is 305 g/mol. The SMILES string of the molecule is Nc1cccc2c(Br)nc(-c3cccc(F)c3)n12. The summed E-state index contributed by atoms with van der Waals surface area (Å²) in [4.78, 5) is 4.39. The van der Waals surface area contributed by atoms with Crippen LogP contribution in [0, 0.1) is 5.82 Å². The lowest BCUT2D eigenvalue weighted by atomic mass is 10.2. The maximum Gasteiger partial charge on any atom is 0.147 e. The fourth-order valence-corrected chi connectivity index (χ4v) is 2.42. The number of nitrogens with zero attached hydrogens (tertiary/aromatic N) is 2. The van der Waals surface area contributed by atoms with Gasteiger partial charge in [0.1, 0.15) is 22.1 Å². The number of hydrogen-bond donors (Lipinski definition) is 1. The van der Waals surface area contributed by atoms with Crippen LogP contribution < -0.4 is 5.73 Å². The lowest BCUT2D eigenvalue weighted by Crippen LogP contribution is -1.98. The third-order valence-corrected chi connectivity index (χ3v) is 3.31. The first-order valence-corrected chi connectivity index (χ1v) is 6.14. The number of fused-ring (bicyclic) bond motifs is 1. The third-order valence-electron chi connectivity index (χ3n) is 2.73. The smallest absolute Gasteiger partial charge is 0.147 e. The minimum absolute atomic E-state index is 0.296. The number of halogens is 2. The highest BCUT2D eigenvalue weighted by molar-refractivity contribution is 9.10. The Bertz CT molecular complexity index is 736. The molecule has 0 aliphatic carbocycles. The second kappa shape index (κ2) is 4.10. The van der Waals surface area contributed by atoms with Crippen molar-refractivity contribution < 1.29 is 4.39 Å². The van der Waals surface area contributed by atoms with E-state index in [2.05, 4.69) is 20.9 Å². The van der Waals surface area contributed by atoms with E-state index in [1.807, 2.05) is 12.1 Å². The van der Waals surface area contributed by atoms with Crippen LogP contribution in [-0.4, -0.2) is 9.38 Å². The Labute approximate surface area is 111 Å². The molecule has 0 bridgehead atoms. The van der Waals surface area contributed by atoms with E-state index in [1.165, 1.54) is 12.1 Å². The second-order valence-corrected chi connectivity index (χ2v) is 4.66. The van der Waals surface area contributed by atoms with Crippen LogP contribution in [0.4, 0.5) is 10.2 Å². The largest absolute Gasteiger partial charge is 0.385 e. The van der Waals surface area contributed by atoms with Gasteiger partial charge in [0, 0.05) is 5.56 Å². The summed E-state index contributed by atoms with van der Waals surface area (Å²) in [5.41, 5.74) is 7.50. The van der Waals surface area contributed by atoms with Crippen LogP contribution >= 0.6 is 15.9 Å². The first-order valence-electron chi connectivity index (χ1n) is 5.35. The van der Waals surface area contributed by atoms with E-state index in [0.717, 1.165) is 5.52 Å². The van der Waals surface area contributed by atoms with Crippen LogP contribution in [0.15, 0.2) is 47.1 Å². The van der Waals surface area contributed by atoms with Crippen LogP contribution in [0.25, 0.3) is 16.9 Å². The van der Waals surface area contributed by atoms with Crippen LogP contribution in [-0.2, 0) is 0 Å². The molecule has 0 amide bonds. The number of pyridine rings is 1. The number of rotatable bonds is 1. The molecule has 0 unspecified atom stereocenters. The first-order chi connectivity index (χ1) is 8.66. The maximum atomic E-state index is 13.3. The molecule has 0 fully saturated rings. The van der Waals surface area contributed by atoms with E-state index < -0.39 is 0 Å². The van der Waals surface area contributed by atoms with Gasteiger partial charge in [-0.3, -0.25) is 4.40 Å². The number of aromatic nitrogens is 2. The Balaban J connectivity index is 2.36. The molecule has 2 N–H and O–H groups in total. The number of hydrogen-bond acceptors (Lipinski definition) is 2. The highest BCUT2D eigenvalue weighted by atomic mass is 79.9.